The molecule has 1 aromatic heterocycles. The molecule has 5 nitrogen and oxygen atoms in total. The van der Waals surface area contributed by atoms with E-state index in [0.29, 0.717) is 17.6 Å². The van der Waals surface area contributed by atoms with Crippen LogP contribution in [0.2, 0.25) is 5.02 Å². The molecule has 0 atom stereocenters. The highest BCUT2D eigenvalue weighted by Gasteiger charge is 2.15. The van der Waals surface area contributed by atoms with Gasteiger partial charge in [0.25, 0.3) is 0 Å². The molecule has 1 fully saturated rings. The van der Waals surface area contributed by atoms with E-state index in [2.05, 4.69) is 15.7 Å². The average Bonchev–Trinajstić information content (AvgIpc) is 3.04. The van der Waals surface area contributed by atoms with E-state index in [4.69, 9.17) is 11.6 Å². The van der Waals surface area contributed by atoms with Crippen molar-refractivity contribution in [2.75, 3.05) is 0 Å². The number of carbonyl (C=O) groups excluding carboxylic acids is 1. The fourth-order valence-corrected chi connectivity index (χ4v) is 2.98. The maximum absolute atomic E-state index is 11.9. The minimum atomic E-state index is -0.101. The highest BCUT2D eigenvalue weighted by molar-refractivity contribution is 6.30. The summed E-state index contributed by atoms with van der Waals surface area (Å²) in [7, 11) is 0. The third-order valence-corrected chi connectivity index (χ3v) is 4.37. The third kappa shape index (κ3) is 4.48. The summed E-state index contributed by atoms with van der Waals surface area (Å²) in [5.41, 5.74) is 1.89. The standard InChI is InChI=1S/C17H21ClN4O/c18-14-6-8-16(9-7-14)22-12-13(11-20-22)10-19-17(23)21-15-4-2-1-3-5-15/h6-9,11-12,15H,1-5,10H2,(H2,19,21,23). The lowest BCUT2D eigenvalue weighted by Gasteiger charge is -2.22. The van der Waals surface area contributed by atoms with E-state index < -0.39 is 0 Å². The Balaban J connectivity index is 1.50. The van der Waals surface area contributed by atoms with Gasteiger partial charge in [0.2, 0.25) is 0 Å². The molecule has 2 amide bonds. The number of halogens is 1. The topological polar surface area (TPSA) is 59.0 Å². The van der Waals surface area contributed by atoms with Crippen LogP contribution in [0.4, 0.5) is 4.79 Å². The van der Waals surface area contributed by atoms with Gasteiger partial charge in [-0.25, -0.2) is 9.48 Å². The highest BCUT2D eigenvalue weighted by Crippen LogP contribution is 2.17. The number of benzene rings is 1. The minimum absolute atomic E-state index is 0.101. The molecule has 1 aliphatic rings. The largest absolute Gasteiger partial charge is 0.335 e. The number of hydrogen-bond acceptors (Lipinski definition) is 2. The molecule has 23 heavy (non-hydrogen) atoms. The predicted octanol–water partition coefficient (Wildman–Crippen LogP) is 3.66. The first kappa shape index (κ1) is 15.9. The lowest BCUT2D eigenvalue weighted by Crippen LogP contribution is -2.42. The molecule has 2 N–H and O–H groups in total. The molecular weight excluding hydrogens is 312 g/mol. The summed E-state index contributed by atoms with van der Waals surface area (Å²) in [6, 6.07) is 7.68. The van der Waals surface area contributed by atoms with Crippen LogP contribution in [-0.2, 0) is 6.54 Å². The van der Waals surface area contributed by atoms with Crippen molar-refractivity contribution < 1.29 is 4.79 Å². The zero-order valence-corrected chi connectivity index (χ0v) is 13.7. The second-order valence-corrected chi connectivity index (χ2v) is 6.37. The quantitative estimate of drug-likeness (QED) is 0.897. The van der Waals surface area contributed by atoms with Crippen molar-refractivity contribution in [2.45, 2.75) is 44.7 Å². The van der Waals surface area contributed by atoms with Gasteiger partial charge in [-0.15, -0.1) is 0 Å². The van der Waals surface area contributed by atoms with Crippen molar-refractivity contribution in [1.82, 2.24) is 20.4 Å². The van der Waals surface area contributed by atoms with Gasteiger partial charge < -0.3 is 10.6 Å². The molecule has 122 valence electrons. The summed E-state index contributed by atoms with van der Waals surface area (Å²) >= 11 is 5.88. The minimum Gasteiger partial charge on any atom is -0.335 e. The molecule has 0 radical (unpaired) electrons. The van der Waals surface area contributed by atoms with Crippen molar-refractivity contribution in [2.24, 2.45) is 0 Å². The zero-order valence-electron chi connectivity index (χ0n) is 13.0. The Hall–Kier alpha value is -2.01. The molecule has 0 bridgehead atoms. The average molecular weight is 333 g/mol. The van der Waals surface area contributed by atoms with Crippen LogP contribution in [0.25, 0.3) is 5.69 Å². The molecule has 1 aromatic carbocycles. The van der Waals surface area contributed by atoms with Crippen molar-refractivity contribution in [3.8, 4) is 5.69 Å². The van der Waals surface area contributed by atoms with E-state index >= 15 is 0 Å². The van der Waals surface area contributed by atoms with Gasteiger partial charge in [-0.3, -0.25) is 0 Å². The Bertz CT molecular complexity index is 647. The summed E-state index contributed by atoms with van der Waals surface area (Å²) in [5.74, 6) is 0. The number of aromatic nitrogens is 2. The zero-order chi connectivity index (χ0) is 16.1. The maximum Gasteiger partial charge on any atom is 0.315 e. The highest BCUT2D eigenvalue weighted by atomic mass is 35.5. The molecule has 6 heteroatoms. The Morgan fingerprint density at radius 1 is 1.22 bits per heavy atom. The van der Waals surface area contributed by atoms with Gasteiger partial charge in [0.1, 0.15) is 0 Å². The number of amides is 2. The molecule has 1 saturated carbocycles. The molecule has 3 rings (SSSR count). The van der Waals surface area contributed by atoms with Crippen LogP contribution >= 0.6 is 11.6 Å². The SMILES string of the molecule is O=C(NCc1cnn(-c2ccc(Cl)cc2)c1)NC1CCCCC1. The molecule has 0 unspecified atom stereocenters. The Morgan fingerprint density at radius 2 is 1.96 bits per heavy atom. The van der Waals surface area contributed by atoms with Crippen LogP contribution in [0.1, 0.15) is 37.7 Å². The number of carbonyl (C=O) groups is 1. The van der Waals surface area contributed by atoms with Crippen molar-refractivity contribution in [1.29, 1.82) is 0 Å². The number of hydrogen-bond donors (Lipinski definition) is 2. The van der Waals surface area contributed by atoms with Gasteiger partial charge in [-0.05, 0) is 37.1 Å². The molecule has 1 heterocycles. The van der Waals surface area contributed by atoms with Crippen LogP contribution in [0.5, 0.6) is 0 Å². The van der Waals surface area contributed by atoms with Gasteiger partial charge >= 0.3 is 6.03 Å². The Labute approximate surface area is 141 Å². The number of urea groups is 1. The van der Waals surface area contributed by atoms with E-state index in [1.807, 2.05) is 30.5 Å². The molecule has 2 aromatic rings. The summed E-state index contributed by atoms with van der Waals surface area (Å²) in [6.45, 7) is 0.464. The van der Waals surface area contributed by atoms with Gasteiger partial charge in [-0.2, -0.15) is 5.10 Å². The monoisotopic (exact) mass is 332 g/mol. The van der Waals surface area contributed by atoms with Crippen LogP contribution in [0.15, 0.2) is 36.7 Å². The summed E-state index contributed by atoms with van der Waals surface area (Å²) < 4.78 is 1.77. The Kier molecular flexibility index (Phi) is 5.18. The van der Waals surface area contributed by atoms with Gasteiger partial charge in [0, 0.05) is 29.4 Å². The van der Waals surface area contributed by atoms with E-state index in [1.165, 1.54) is 19.3 Å². The summed E-state index contributed by atoms with van der Waals surface area (Å²) in [4.78, 5) is 11.9. The predicted molar refractivity (Wildman–Crippen MR) is 90.8 cm³/mol. The molecule has 1 aliphatic carbocycles. The fourth-order valence-electron chi connectivity index (χ4n) is 2.85. The van der Waals surface area contributed by atoms with Crippen molar-refractivity contribution in [3.05, 3.63) is 47.2 Å². The lowest BCUT2D eigenvalue weighted by atomic mass is 9.96. The Morgan fingerprint density at radius 3 is 2.70 bits per heavy atom. The van der Waals surface area contributed by atoms with E-state index in [1.54, 1.807) is 10.9 Å². The third-order valence-electron chi connectivity index (χ3n) is 4.12. The van der Waals surface area contributed by atoms with E-state index in [-0.39, 0.29) is 6.03 Å². The summed E-state index contributed by atoms with van der Waals surface area (Å²) in [6.07, 6.45) is 9.53. The van der Waals surface area contributed by atoms with Gasteiger partial charge in [-0.1, -0.05) is 30.9 Å². The van der Waals surface area contributed by atoms with Gasteiger partial charge in [0.05, 0.1) is 11.9 Å². The number of nitrogens with zero attached hydrogens (tertiary/aromatic N) is 2. The fraction of sp³-hybridized carbons (Fsp3) is 0.412. The molecule has 0 saturated heterocycles. The smallest absolute Gasteiger partial charge is 0.315 e. The second-order valence-electron chi connectivity index (χ2n) is 5.93. The normalized spacial score (nSPS) is 15.3. The number of nitrogens with one attached hydrogen (secondary N) is 2. The first-order chi connectivity index (χ1) is 11.2. The van der Waals surface area contributed by atoms with Crippen LogP contribution in [0.3, 0.4) is 0 Å². The first-order valence-electron chi connectivity index (χ1n) is 8.04. The molecule has 0 spiro atoms. The lowest BCUT2D eigenvalue weighted by molar-refractivity contribution is 0.232. The molecular formula is C17H21ClN4O. The molecule has 0 aliphatic heterocycles. The van der Waals surface area contributed by atoms with Crippen LogP contribution in [0, 0.1) is 0 Å². The second kappa shape index (κ2) is 7.51. The van der Waals surface area contributed by atoms with E-state index in [9.17, 15) is 4.79 Å². The summed E-state index contributed by atoms with van der Waals surface area (Å²) in [5, 5.41) is 10.9. The van der Waals surface area contributed by atoms with E-state index in [0.717, 1.165) is 24.1 Å². The number of rotatable bonds is 4. The maximum atomic E-state index is 11.9. The van der Waals surface area contributed by atoms with Crippen LogP contribution in [-0.4, -0.2) is 21.9 Å². The first-order valence-corrected chi connectivity index (χ1v) is 8.42. The van der Waals surface area contributed by atoms with Crippen molar-refractivity contribution >= 4 is 17.6 Å². The van der Waals surface area contributed by atoms with Gasteiger partial charge in [0.15, 0.2) is 0 Å². The van der Waals surface area contributed by atoms with Crippen molar-refractivity contribution in [3.63, 3.8) is 0 Å². The van der Waals surface area contributed by atoms with Crippen LogP contribution < -0.4 is 10.6 Å².